The minimum atomic E-state index is -1.26. The standard InChI is InChI=1S/C29H31FO4.C27H27FO4/c1-5-29(4,28(31)32-6-2)34-27-17-15-26(16-18-27)33-20-19-21(3)22-7-9-23(10-8-22)24-11-13-25(30)14-12-24;1-4-27(3,26(29)30)32-25-15-13-24(14-16-25)31-18-17-19(2)20-5-7-21(8-6-20)22-9-11-23(28)12-10-22/h7-19H,5-6,20H2,1-4H3;5-17H,4,18H2,1-3H3,(H,29,30)/b21-19+;19-17+. The van der Waals surface area contributed by atoms with E-state index in [0.29, 0.717) is 55.7 Å². The summed E-state index contributed by atoms with van der Waals surface area (Å²) in [6.45, 7) is 13.9. The Morgan fingerprint density at radius 3 is 1.14 bits per heavy atom. The number of hydrogen-bond donors (Lipinski definition) is 1. The van der Waals surface area contributed by atoms with Crippen molar-refractivity contribution in [3.8, 4) is 45.3 Å². The highest BCUT2D eigenvalue weighted by Crippen LogP contribution is 2.28. The van der Waals surface area contributed by atoms with Crippen LogP contribution in [0.4, 0.5) is 8.78 Å². The lowest BCUT2D eigenvalue weighted by atomic mass is 10.0. The van der Waals surface area contributed by atoms with Gasteiger partial charge in [0.1, 0.15) is 47.8 Å². The van der Waals surface area contributed by atoms with Crippen molar-refractivity contribution in [1.29, 1.82) is 0 Å². The van der Waals surface area contributed by atoms with E-state index in [1.807, 2.05) is 93.6 Å². The van der Waals surface area contributed by atoms with Crippen molar-refractivity contribution in [2.75, 3.05) is 19.8 Å². The van der Waals surface area contributed by atoms with Crippen LogP contribution in [0.25, 0.3) is 33.4 Å². The number of carbonyl (C=O) groups is 2. The lowest BCUT2D eigenvalue weighted by Crippen LogP contribution is -2.42. The summed E-state index contributed by atoms with van der Waals surface area (Å²) < 4.78 is 54.5. The topological polar surface area (TPSA) is 101 Å². The summed E-state index contributed by atoms with van der Waals surface area (Å²) in [7, 11) is 0. The van der Waals surface area contributed by atoms with Gasteiger partial charge in [-0.3, -0.25) is 0 Å². The third-order valence-electron chi connectivity index (χ3n) is 11.2. The average molecular weight is 897 g/mol. The van der Waals surface area contributed by atoms with Gasteiger partial charge in [-0.05, 0) is 177 Å². The van der Waals surface area contributed by atoms with E-state index in [4.69, 9.17) is 23.7 Å². The Hall–Kier alpha value is -7.20. The predicted octanol–water partition coefficient (Wildman–Crippen LogP) is 13.7. The molecular weight excluding hydrogens is 839 g/mol. The molecule has 2 atom stereocenters. The second-order valence-electron chi connectivity index (χ2n) is 15.9. The van der Waals surface area contributed by atoms with E-state index in [2.05, 4.69) is 0 Å². The summed E-state index contributed by atoms with van der Waals surface area (Å²) in [6.07, 6.45) is 4.87. The fourth-order valence-electron chi connectivity index (χ4n) is 6.43. The Labute approximate surface area is 387 Å². The molecule has 0 heterocycles. The van der Waals surface area contributed by atoms with Gasteiger partial charge in [-0.1, -0.05) is 86.6 Å². The van der Waals surface area contributed by atoms with Crippen molar-refractivity contribution < 1.29 is 47.2 Å². The second-order valence-corrected chi connectivity index (χ2v) is 15.9. The number of allylic oxidation sites excluding steroid dienone is 2. The van der Waals surface area contributed by atoms with Gasteiger partial charge in [0.15, 0.2) is 0 Å². The molecule has 2 unspecified atom stereocenters. The number of benzene rings is 6. The molecule has 0 spiro atoms. The molecule has 0 aliphatic rings. The number of esters is 1. The highest BCUT2D eigenvalue weighted by Gasteiger charge is 2.35. The summed E-state index contributed by atoms with van der Waals surface area (Å²) >= 11 is 0. The highest BCUT2D eigenvalue weighted by atomic mass is 19.1. The summed E-state index contributed by atoms with van der Waals surface area (Å²) in [6, 6.07) is 43.3. The third-order valence-corrected chi connectivity index (χ3v) is 11.2. The largest absolute Gasteiger partial charge is 0.490 e. The molecule has 0 amide bonds. The zero-order chi connectivity index (χ0) is 47.7. The van der Waals surface area contributed by atoms with Crippen molar-refractivity contribution in [2.24, 2.45) is 0 Å². The van der Waals surface area contributed by atoms with Gasteiger partial charge in [-0.15, -0.1) is 0 Å². The summed E-state index contributed by atoms with van der Waals surface area (Å²) in [4.78, 5) is 23.6. The molecule has 66 heavy (non-hydrogen) atoms. The zero-order valence-electron chi connectivity index (χ0n) is 38.6. The molecule has 0 bridgehead atoms. The number of carbonyl (C=O) groups excluding carboxylic acids is 1. The van der Waals surface area contributed by atoms with Crippen LogP contribution < -0.4 is 18.9 Å². The Morgan fingerprint density at radius 2 is 0.818 bits per heavy atom. The van der Waals surface area contributed by atoms with Crippen molar-refractivity contribution in [1.82, 2.24) is 0 Å². The summed E-state index contributed by atoms with van der Waals surface area (Å²) in [5.74, 6) is 0.591. The smallest absolute Gasteiger partial charge is 0.350 e. The minimum absolute atomic E-state index is 0.238. The van der Waals surface area contributed by atoms with Crippen molar-refractivity contribution in [3.63, 3.8) is 0 Å². The van der Waals surface area contributed by atoms with Gasteiger partial charge in [-0.25, -0.2) is 18.4 Å². The van der Waals surface area contributed by atoms with Gasteiger partial charge < -0.3 is 28.8 Å². The van der Waals surface area contributed by atoms with E-state index in [9.17, 15) is 23.5 Å². The molecule has 0 aromatic heterocycles. The van der Waals surface area contributed by atoms with E-state index in [-0.39, 0.29) is 17.6 Å². The minimum Gasteiger partial charge on any atom is -0.490 e. The van der Waals surface area contributed by atoms with E-state index in [0.717, 1.165) is 44.5 Å². The normalized spacial score (nSPS) is 13.2. The second kappa shape index (κ2) is 23.6. The number of aliphatic carboxylic acids is 1. The van der Waals surface area contributed by atoms with Crippen LogP contribution in [0.15, 0.2) is 158 Å². The van der Waals surface area contributed by atoms with Crippen molar-refractivity contribution >= 4 is 23.1 Å². The molecular formula is C56H58F2O8. The first-order valence-corrected chi connectivity index (χ1v) is 22.0. The Bertz CT molecular complexity index is 2530. The summed E-state index contributed by atoms with van der Waals surface area (Å²) in [5, 5.41) is 9.32. The van der Waals surface area contributed by atoms with Crippen molar-refractivity contribution in [3.05, 3.63) is 181 Å². The van der Waals surface area contributed by atoms with Crippen LogP contribution in [0.3, 0.4) is 0 Å². The lowest BCUT2D eigenvalue weighted by molar-refractivity contribution is -0.160. The first kappa shape index (κ1) is 49.8. The first-order chi connectivity index (χ1) is 31.6. The predicted molar refractivity (Wildman–Crippen MR) is 258 cm³/mol. The third kappa shape index (κ3) is 14.1. The molecule has 10 heteroatoms. The molecule has 6 aromatic carbocycles. The number of carboxylic acid groups (broad SMARTS) is 1. The first-order valence-electron chi connectivity index (χ1n) is 22.0. The number of hydrogen-bond acceptors (Lipinski definition) is 7. The van der Waals surface area contributed by atoms with Crippen LogP contribution >= 0.6 is 0 Å². The molecule has 344 valence electrons. The number of halogens is 2. The fourth-order valence-corrected chi connectivity index (χ4v) is 6.43. The zero-order valence-corrected chi connectivity index (χ0v) is 38.6. The SMILES string of the molecule is CCC(C)(Oc1ccc(OC/C=C(\C)c2ccc(-c3ccc(F)cc3)cc2)cc1)C(=O)O.CCOC(=O)C(C)(CC)Oc1ccc(OC/C=C(\C)c2ccc(-c3ccc(F)cc3)cc2)cc1. The molecule has 8 nitrogen and oxygen atoms in total. The highest BCUT2D eigenvalue weighted by molar-refractivity contribution is 5.79. The van der Waals surface area contributed by atoms with Gasteiger partial charge in [0.2, 0.25) is 11.2 Å². The van der Waals surface area contributed by atoms with Crippen LogP contribution in [-0.4, -0.2) is 48.1 Å². The van der Waals surface area contributed by atoms with Crippen LogP contribution in [0.5, 0.6) is 23.0 Å². The van der Waals surface area contributed by atoms with Crippen LogP contribution in [-0.2, 0) is 14.3 Å². The maximum Gasteiger partial charge on any atom is 0.350 e. The molecule has 0 fully saturated rings. The van der Waals surface area contributed by atoms with E-state index in [1.165, 1.54) is 24.3 Å². The Morgan fingerprint density at radius 1 is 0.500 bits per heavy atom. The quantitative estimate of drug-likeness (QED) is 0.0803. The molecule has 1 N–H and O–H groups in total. The van der Waals surface area contributed by atoms with Gasteiger partial charge in [0, 0.05) is 0 Å². The van der Waals surface area contributed by atoms with E-state index in [1.54, 1.807) is 88.4 Å². The molecule has 6 aromatic rings. The molecule has 0 saturated carbocycles. The van der Waals surface area contributed by atoms with Crippen LogP contribution in [0.1, 0.15) is 72.4 Å². The molecule has 0 aliphatic heterocycles. The van der Waals surface area contributed by atoms with Gasteiger partial charge >= 0.3 is 11.9 Å². The van der Waals surface area contributed by atoms with Crippen molar-refractivity contribution in [2.45, 2.75) is 72.5 Å². The maximum atomic E-state index is 13.1. The Kier molecular flexibility index (Phi) is 17.8. The van der Waals surface area contributed by atoms with E-state index >= 15 is 0 Å². The molecule has 6 rings (SSSR count). The molecule has 0 radical (unpaired) electrons. The number of carboxylic acids is 1. The van der Waals surface area contributed by atoms with Gasteiger partial charge in [0.25, 0.3) is 0 Å². The van der Waals surface area contributed by atoms with Crippen LogP contribution in [0.2, 0.25) is 0 Å². The van der Waals surface area contributed by atoms with E-state index < -0.39 is 17.2 Å². The summed E-state index contributed by atoms with van der Waals surface area (Å²) in [5.41, 5.74) is 6.09. The van der Waals surface area contributed by atoms with Gasteiger partial charge in [-0.2, -0.15) is 0 Å². The molecule has 0 saturated heterocycles. The monoisotopic (exact) mass is 896 g/mol. The maximum absolute atomic E-state index is 13.1. The van der Waals surface area contributed by atoms with Gasteiger partial charge in [0.05, 0.1) is 6.61 Å². The Balaban J connectivity index is 0.000000248. The molecule has 0 aliphatic carbocycles. The average Bonchev–Trinajstić information content (AvgIpc) is 3.33. The van der Waals surface area contributed by atoms with Crippen LogP contribution in [0, 0.1) is 11.6 Å². The lowest BCUT2D eigenvalue weighted by Gasteiger charge is -2.27. The number of ether oxygens (including phenoxy) is 5. The number of rotatable bonds is 19. The fraction of sp³-hybridized carbons (Fsp3) is 0.250.